The summed E-state index contributed by atoms with van der Waals surface area (Å²) >= 11 is 0. The van der Waals surface area contributed by atoms with Crippen LogP contribution in [0.2, 0.25) is 0 Å². The van der Waals surface area contributed by atoms with Gasteiger partial charge in [-0.3, -0.25) is 9.69 Å². The SMILES string of the molecule is CCN(C)C(CCC=O)C(C)=O. The molecule has 1 unspecified atom stereocenters. The summed E-state index contributed by atoms with van der Waals surface area (Å²) < 4.78 is 0. The summed E-state index contributed by atoms with van der Waals surface area (Å²) in [5.74, 6) is 0.140. The van der Waals surface area contributed by atoms with Crippen LogP contribution in [0, 0.1) is 0 Å². The first kappa shape index (κ1) is 11.3. The minimum Gasteiger partial charge on any atom is -0.303 e. The molecule has 0 saturated carbocycles. The molecule has 0 aromatic carbocycles. The number of hydrogen-bond acceptors (Lipinski definition) is 3. The normalized spacial score (nSPS) is 13.0. The molecule has 12 heavy (non-hydrogen) atoms. The average Bonchev–Trinajstić information content (AvgIpc) is 2.04. The van der Waals surface area contributed by atoms with Crippen LogP contribution in [0.1, 0.15) is 26.7 Å². The van der Waals surface area contributed by atoms with Crippen LogP contribution in [0.5, 0.6) is 0 Å². The van der Waals surface area contributed by atoms with Crippen molar-refractivity contribution >= 4 is 12.1 Å². The largest absolute Gasteiger partial charge is 0.303 e. The summed E-state index contributed by atoms with van der Waals surface area (Å²) in [6, 6.07) is -0.0831. The Morgan fingerprint density at radius 1 is 1.58 bits per heavy atom. The van der Waals surface area contributed by atoms with E-state index in [1.165, 1.54) is 0 Å². The predicted molar refractivity (Wildman–Crippen MR) is 48.1 cm³/mol. The van der Waals surface area contributed by atoms with E-state index in [4.69, 9.17) is 0 Å². The molecular formula is C9H17NO2. The fraction of sp³-hybridized carbons (Fsp3) is 0.778. The topological polar surface area (TPSA) is 37.4 Å². The van der Waals surface area contributed by atoms with Crippen molar-refractivity contribution in [1.29, 1.82) is 0 Å². The van der Waals surface area contributed by atoms with Crippen molar-refractivity contribution in [3.05, 3.63) is 0 Å². The van der Waals surface area contributed by atoms with E-state index < -0.39 is 0 Å². The Morgan fingerprint density at radius 3 is 2.50 bits per heavy atom. The van der Waals surface area contributed by atoms with Crippen LogP contribution >= 0.6 is 0 Å². The van der Waals surface area contributed by atoms with Crippen molar-refractivity contribution in [2.75, 3.05) is 13.6 Å². The van der Waals surface area contributed by atoms with Gasteiger partial charge in [0.2, 0.25) is 0 Å². The molecule has 0 saturated heterocycles. The maximum atomic E-state index is 11.1. The lowest BCUT2D eigenvalue weighted by Crippen LogP contribution is -2.37. The number of aldehydes is 1. The lowest BCUT2D eigenvalue weighted by Gasteiger charge is -2.23. The molecule has 0 aliphatic rings. The van der Waals surface area contributed by atoms with Crippen LogP contribution in [0.3, 0.4) is 0 Å². The van der Waals surface area contributed by atoms with Gasteiger partial charge in [0.1, 0.15) is 12.1 Å². The Morgan fingerprint density at radius 2 is 2.17 bits per heavy atom. The van der Waals surface area contributed by atoms with Crippen molar-refractivity contribution in [3.63, 3.8) is 0 Å². The molecule has 3 nitrogen and oxygen atoms in total. The quantitative estimate of drug-likeness (QED) is 0.557. The zero-order valence-corrected chi connectivity index (χ0v) is 8.04. The Labute approximate surface area is 73.7 Å². The first-order valence-electron chi connectivity index (χ1n) is 4.27. The summed E-state index contributed by atoms with van der Waals surface area (Å²) in [6.45, 7) is 4.40. The highest BCUT2D eigenvalue weighted by molar-refractivity contribution is 5.81. The summed E-state index contributed by atoms with van der Waals surface area (Å²) in [5.41, 5.74) is 0. The monoisotopic (exact) mass is 171 g/mol. The standard InChI is InChI=1S/C9H17NO2/c1-4-10(3)9(8(2)12)6-5-7-11/h7,9H,4-6H2,1-3H3. The van der Waals surface area contributed by atoms with E-state index in [9.17, 15) is 9.59 Å². The van der Waals surface area contributed by atoms with E-state index in [1.54, 1.807) is 6.92 Å². The van der Waals surface area contributed by atoms with Crippen LogP contribution in [0.4, 0.5) is 0 Å². The maximum absolute atomic E-state index is 11.1. The number of hydrogen-bond donors (Lipinski definition) is 0. The van der Waals surface area contributed by atoms with E-state index >= 15 is 0 Å². The maximum Gasteiger partial charge on any atom is 0.146 e. The van der Waals surface area contributed by atoms with Crippen molar-refractivity contribution in [1.82, 2.24) is 4.90 Å². The number of nitrogens with zero attached hydrogens (tertiary/aromatic N) is 1. The molecule has 0 amide bonds. The lowest BCUT2D eigenvalue weighted by atomic mass is 10.1. The molecule has 0 bridgehead atoms. The molecule has 0 heterocycles. The van der Waals surface area contributed by atoms with Crippen molar-refractivity contribution < 1.29 is 9.59 Å². The molecule has 70 valence electrons. The first-order valence-corrected chi connectivity index (χ1v) is 4.27. The molecule has 0 radical (unpaired) electrons. The highest BCUT2D eigenvalue weighted by atomic mass is 16.1. The smallest absolute Gasteiger partial charge is 0.146 e. The van der Waals surface area contributed by atoms with Crippen molar-refractivity contribution in [2.45, 2.75) is 32.7 Å². The van der Waals surface area contributed by atoms with Gasteiger partial charge in [0.15, 0.2) is 0 Å². The van der Waals surface area contributed by atoms with Gasteiger partial charge in [0.25, 0.3) is 0 Å². The predicted octanol–water partition coefficient (Wildman–Crippen LogP) is 0.875. The minimum absolute atomic E-state index is 0.0831. The van der Waals surface area contributed by atoms with Crippen LogP contribution < -0.4 is 0 Å². The molecule has 1 atom stereocenters. The fourth-order valence-corrected chi connectivity index (χ4v) is 1.18. The molecule has 0 aromatic heterocycles. The zero-order valence-electron chi connectivity index (χ0n) is 8.04. The van der Waals surface area contributed by atoms with Gasteiger partial charge >= 0.3 is 0 Å². The second kappa shape index (κ2) is 5.89. The zero-order chi connectivity index (χ0) is 9.56. The van der Waals surface area contributed by atoms with Gasteiger partial charge in [-0.2, -0.15) is 0 Å². The Hall–Kier alpha value is -0.700. The second-order valence-corrected chi connectivity index (χ2v) is 2.94. The van der Waals surface area contributed by atoms with Crippen LogP contribution in [-0.2, 0) is 9.59 Å². The van der Waals surface area contributed by atoms with Gasteiger partial charge < -0.3 is 4.79 Å². The average molecular weight is 171 g/mol. The summed E-state index contributed by atoms with van der Waals surface area (Å²) in [7, 11) is 1.90. The van der Waals surface area contributed by atoms with Crippen molar-refractivity contribution in [3.8, 4) is 0 Å². The molecule has 0 aliphatic carbocycles. The lowest BCUT2D eigenvalue weighted by molar-refractivity contribution is -0.122. The van der Waals surface area contributed by atoms with Gasteiger partial charge in [0.05, 0.1) is 6.04 Å². The fourth-order valence-electron chi connectivity index (χ4n) is 1.18. The van der Waals surface area contributed by atoms with Crippen LogP contribution in [-0.4, -0.2) is 36.6 Å². The number of carbonyl (C=O) groups excluding carboxylic acids is 2. The van der Waals surface area contributed by atoms with E-state index in [0.29, 0.717) is 12.8 Å². The molecule has 0 aliphatic heterocycles. The molecule has 3 heteroatoms. The van der Waals surface area contributed by atoms with Gasteiger partial charge in [-0.1, -0.05) is 6.92 Å². The van der Waals surface area contributed by atoms with E-state index in [0.717, 1.165) is 12.8 Å². The Balaban J connectivity index is 4.02. The summed E-state index contributed by atoms with van der Waals surface area (Å²) in [4.78, 5) is 23.2. The van der Waals surface area contributed by atoms with Gasteiger partial charge in [0, 0.05) is 6.42 Å². The third kappa shape index (κ3) is 3.62. The third-order valence-electron chi connectivity index (χ3n) is 2.06. The van der Waals surface area contributed by atoms with E-state index in [-0.39, 0.29) is 11.8 Å². The number of likely N-dealkylation sites (N-methyl/N-ethyl adjacent to an activating group) is 1. The van der Waals surface area contributed by atoms with Gasteiger partial charge in [-0.25, -0.2) is 0 Å². The number of carbonyl (C=O) groups is 2. The molecule has 0 rings (SSSR count). The summed E-state index contributed by atoms with van der Waals surface area (Å²) in [5, 5.41) is 0. The Bertz CT molecular complexity index is 157. The van der Waals surface area contributed by atoms with Crippen molar-refractivity contribution in [2.24, 2.45) is 0 Å². The molecule has 0 fully saturated rings. The number of rotatable bonds is 6. The highest BCUT2D eigenvalue weighted by Gasteiger charge is 2.16. The first-order chi connectivity index (χ1) is 5.63. The molecule has 0 spiro atoms. The van der Waals surface area contributed by atoms with Crippen LogP contribution in [0.25, 0.3) is 0 Å². The van der Waals surface area contributed by atoms with E-state index in [1.807, 2.05) is 18.9 Å². The minimum atomic E-state index is -0.0831. The van der Waals surface area contributed by atoms with Gasteiger partial charge in [-0.15, -0.1) is 0 Å². The Kier molecular flexibility index (Phi) is 5.54. The van der Waals surface area contributed by atoms with Crippen LogP contribution in [0.15, 0.2) is 0 Å². The molecular weight excluding hydrogens is 154 g/mol. The highest BCUT2D eigenvalue weighted by Crippen LogP contribution is 2.04. The second-order valence-electron chi connectivity index (χ2n) is 2.94. The summed E-state index contributed by atoms with van der Waals surface area (Å²) in [6.07, 6.45) is 1.97. The van der Waals surface area contributed by atoms with E-state index in [2.05, 4.69) is 0 Å². The molecule has 0 aromatic rings. The van der Waals surface area contributed by atoms with Gasteiger partial charge in [-0.05, 0) is 26.9 Å². The number of Topliss-reactive ketones (excluding diaryl/α,β-unsaturated/α-hetero) is 1. The third-order valence-corrected chi connectivity index (χ3v) is 2.06. The molecule has 0 N–H and O–H groups in total. The number of ketones is 1.